The molecule has 2 atom stereocenters. The SMILES string of the molecule is CN(C)C(=O)C1(N2CCCCC2CCC(CN(C)C(=O)CCc2ccc(O)cc2)c2ccc(Cl)c(Cl)c2)CCNCC1. The number of amides is 2. The molecule has 2 N–H and O–H groups in total. The summed E-state index contributed by atoms with van der Waals surface area (Å²) in [6.45, 7) is 3.22. The van der Waals surface area contributed by atoms with Gasteiger partial charge in [-0.3, -0.25) is 14.5 Å². The monoisotopic (exact) mass is 616 g/mol. The van der Waals surface area contributed by atoms with Gasteiger partial charge in [0.2, 0.25) is 11.8 Å². The van der Waals surface area contributed by atoms with Crippen molar-refractivity contribution in [3.8, 4) is 5.75 Å². The van der Waals surface area contributed by atoms with Gasteiger partial charge in [-0.2, -0.15) is 0 Å². The molecule has 2 aromatic carbocycles. The highest BCUT2D eigenvalue weighted by Gasteiger charge is 2.48. The number of carbonyl (C=O) groups is 2. The van der Waals surface area contributed by atoms with Crippen molar-refractivity contribution in [2.45, 2.75) is 75.3 Å². The van der Waals surface area contributed by atoms with E-state index in [1.165, 1.54) is 6.42 Å². The Labute approximate surface area is 261 Å². The number of likely N-dealkylation sites (tertiary alicyclic amines) is 1. The van der Waals surface area contributed by atoms with Gasteiger partial charge in [0.05, 0.1) is 10.0 Å². The van der Waals surface area contributed by atoms with Gasteiger partial charge in [-0.25, -0.2) is 0 Å². The van der Waals surface area contributed by atoms with Gasteiger partial charge >= 0.3 is 0 Å². The summed E-state index contributed by atoms with van der Waals surface area (Å²) in [6.07, 6.45) is 7.84. The van der Waals surface area contributed by atoms with Crippen LogP contribution in [0.4, 0.5) is 0 Å². The number of benzene rings is 2. The van der Waals surface area contributed by atoms with Gasteiger partial charge in [-0.15, -0.1) is 0 Å². The number of aromatic hydroxyl groups is 1. The molecule has 0 saturated carbocycles. The highest BCUT2D eigenvalue weighted by atomic mass is 35.5. The molecule has 0 aromatic heterocycles. The Balaban J connectivity index is 1.49. The first-order valence-corrected chi connectivity index (χ1v) is 16.0. The van der Waals surface area contributed by atoms with Crippen LogP contribution in [0.25, 0.3) is 0 Å². The zero-order valence-corrected chi connectivity index (χ0v) is 26.8. The van der Waals surface area contributed by atoms with Crippen LogP contribution in [0, 0.1) is 0 Å². The number of likely N-dealkylation sites (N-methyl/N-ethyl adjacent to an activating group) is 2. The second-order valence-electron chi connectivity index (χ2n) is 12.2. The van der Waals surface area contributed by atoms with Crippen molar-refractivity contribution in [2.75, 3.05) is 47.3 Å². The number of halogens is 2. The number of phenolic OH excluding ortho intramolecular Hbond substituents is 1. The van der Waals surface area contributed by atoms with Gasteiger partial charge in [0, 0.05) is 46.1 Å². The lowest BCUT2D eigenvalue weighted by Crippen LogP contribution is -2.66. The minimum Gasteiger partial charge on any atom is -0.508 e. The number of hydrogen-bond donors (Lipinski definition) is 2. The number of carbonyl (C=O) groups excluding carboxylic acids is 2. The lowest BCUT2D eigenvalue weighted by molar-refractivity contribution is -0.148. The van der Waals surface area contributed by atoms with E-state index in [2.05, 4.69) is 10.2 Å². The molecule has 0 spiro atoms. The lowest BCUT2D eigenvalue weighted by Gasteiger charge is -2.51. The largest absolute Gasteiger partial charge is 0.508 e. The summed E-state index contributed by atoms with van der Waals surface area (Å²) in [7, 11) is 5.62. The first-order chi connectivity index (χ1) is 20.1. The van der Waals surface area contributed by atoms with E-state index in [1.54, 1.807) is 17.0 Å². The third-order valence-corrected chi connectivity index (χ3v) is 9.90. The molecule has 2 saturated heterocycles. The Morgan fingerprint density at radius 1 is 1.05 bits per heavy atom. The van der Waals surface area contributed by atoms with Crippen molar-refractivity contribution in [2.24, 2.45) is 0 Å². The molecule has 0 bridgehead atoms. The molecule has 42 heavy (non-hydrogen) atoms. The van der Waals surface area contributed by atoms with Crippen LogP contribution < -0.4 is 5.32 Å². The molecule has 0 radical (unpaired) electrons. The van der Waals surface area contributed by atoms with Gasteiger partial charge in [0.25, 0.3) is 0 Å². The molecule has 2 aromatic rings. The Hall–Kier alpha value is -2.32. The molecule has 7 nitrogen and oxygen atoms in total. The van der Waals surface area contributed by atoms with Crippen molar-refractivity contribution in [1.29, 1.82) is 0 Å². The highest BCUT2D eigenvalue weighted by molar-refractivity contribution is 6.42. The maximum Gasteiger partial charge on any atom is 0.242 e. The first-order valence-electron chi connectivity index (χ1n) is 15.3. The third-order valence-electron chi connectivity index (χ3n) is 9.16. The number of phenols is 1. The summed E-state index contributed by atoms with van der Waals surface area (Å²) in [5.41, 5.74) is 1.64. The lowest BCUT2D eigenvalue weighted by atomic mass is 9.80. The Kier molecular flexibility index (Phi) is 11.6. The molecule has 2 unspecified atom stereocenters. The maximum atomic E-state index is 13.7. The number of piperidine rings is 2. The average Bonchev–Trinajstić information content (AvgIpc) is 3.00. The van der Waals surface area contributed by atoms with Crippen LogP contribution in [-0.2, 0) is 16.0 Å². The fourth-order valence-electron chi connectivity index (χ4n) is 6.81. The van der Waals surface area contributed by atoms with E-state index in [4.69, 9.17) is 23.2 Å². The zero-order valence-electron chi connectivity index (χ0n) is 25.2. The molecule has 230 valence electrons. The van der Waals surface area contributed by atoms with Crippen LogP contribution in [-0.4, -0.2) is 90.5 Å². The molecule has 0 aliphatic carbocycles. The van der Waals surface area contributed by atoms with Gasteiger partial charge in [0.1, 0.15) is 11.3 Å². The van der Waals surface area contributed by atoms with Crippen LogP contribution in [0.5, 0.6) is 5.75 Å². The maximum absolute atomic E-state index is 13.7. The van der Waals surface area contributed by atoms with Crippen LogP contribution >= 0.6 is 23.2 Å². The van der Waals surface area contributed by atoms with Gasteiger partial charge in [-0.1, -0.05) is 47.8 Å². The second-order valence-corrected chi connectivity index (χ2v) is 13.0. The van der Waals surface area contributed by atoms with E-state index in [0.29, 0.717) is 35.5 Å². The number of hydrogen-bond acceptors (Lipinski definition) is 5. The van der Waals surface area contributed by atoms with Gasteiger partial charge in [0.15, 0.2) is 0 Å². The van der Waals surface area contributed by atoms with E-state index in [-0.39, 0.29) is 23.5 Å². The molecule has 4 rings (SSSR count). The minimum absolute atomic E-state index is 0.0812. The molecule has 2 aliphatic heterocycles. The number of nitrogens with zero attached hydrogens (tertiary/aromatic N) is 3. The average molecular weight is 618 g/mol. The van der Waals surface area contributed by atoms with Crippen LogP contribution in [0.3, 0.4) is 0 Å². The Bertz CT molecular complexity index is 1200. The van der Waals surface area contributed by atoms with E-state index in [1.807, 2.05) is 56.4 Å². The Morgan fingerprint density at radius 2 is 1.76 bits per heavy atom. The van der Waals surface area contributed by atoms with Crippen molar-refractivity contribution >= 4 is 35.0 Å². The summed E-state index contributed by atoms with van der Waals surface area (Å²) < 4.78 is 0. The number of aryl methyl sites for hydroxylation is 1. The summed E-state index contributed by atoms with van der Waals surface area (Å²) in [5.74, 6) is 0.605. The second kappa shape index (κ2) is 14.9. The third kappa shape index (κ3) is 7.98. The van der Waals surface area contributed by atoms with Gasteiger partial charge < -0.3 is 20.2 Å². The predicted molar refractivity (Wildman–Crippen MR) is 170 cm³/mol. The molecule has 2 fully saturated rings. The van der Waals surface area contributed by atoms with Crippen LogP contribution in [0.1, 0.15) is 68.4 Å². The number of nitrogens with one attached hydrogen (secondary N) is 1. The zero-order chi connectivity index (χ0) is 30.3. The molecule has 9 heteroatoms. The standard InChI is InChI=1S/C33H46Cl2N4O3/c1-37(2)32(42)33(17-19-36-20-18-33)39-21-5-4-6-27(39)12-10-26(25-11-15-29(34)30(35)22-25)23-38(3)31(41)16-9-24-7-13-28(40)14-8-24/h7-8,11,13-15,22,26-27,36,40H,4-6,9-10,12,16-21,23H2,1-3H3. The Morgan fingerprint density at radius 3 is 2.43 bits per heavy atom. The fraction of sp³-hybridized carbons (Fsp3) is 0.576. The normalized spacial score (nSPS) is 19.7. The highest BCUT2D eigenvalue weighted by Crippen LogP contribution is 2.37. The van der Waals surface area contributed by atoms with Crippen molar-refractivity contribution in [3.63, 3.8) is 0 Å². The van der Waals surface area contributed by atoms with Crippen LogP contribution in [0.2, 0.25) is 10.0 Å². The summed E-state index contributed by atoms with van der Waals surface area (Å²) in [5, 5.41) is 14.0. The van der Waals surface area contributed by atoms with E-state index < -0.39 is 5.54 Å². The molecule has 2 aliphatic rings. The van der Waals surface area contributed by atoms with E-state index in [9.17, 15) is 14.7 Å². The molecular weight excluding hydrogens is 571 g/mol. The van der Waals surface area contributed by atoms with E-state index in [0.717, 1.165) is 69.3 Å². The smallest absolute Gasteiger partial charge is 0.242 e. The molecule has 2 amide bonds. The van der Waals surface area contributed by atoms with Crippen molar-refractivity contribution in [3.05, 3.63) is 63.6 Å². The number of rotatable bonds is 11. The quantitative estimate of drug-likeness (QED) is 0.338. The topological polar surface area (TPSA) is 76.1 Å². The summed E-state index contributed by atoms with van der Waals surface area (Å²) in [4.78, 5) is 33.0. The van der Waals surface area contributed by atoms with Crippen LogP contribution in [0.15, 0.2) is 42.5 Å². The fourth-order valence-corrected chi connectivity index (χ4v) is 7.11. The molecular formula is C33H46Cl2N4O3. The minimum atomic E-state index is -0.458. The first kappa shape index (κ1) is 32.6. The summed E-state index contributed by atoms with van der Waals surface area (Å²) >= 11 is 12.7. The van der Waals surface area contributed by atoms with E-state index >= 15 is 0 Å². The predicted octanol–water partition coefficient (Wildman–Crippen LogP) is 5.72. The van der Waals surface area contributed by atoms with Gasteiger partial charge in [-0.05, 0) is 100.0 Å². The van der Waals surface area contributed by atoms with Crippen molar-refractivity contribution < 1.29 is 14.7 Å². The van der Waals surface area contributed by atoms with Crippen molar-refractivity contribution in [1.82, 2.24) is 20.0 Å². The molecule has 2 heterocycles. The summed E-state index contributed by atoms with van der Waals surface area (Å²) in [6, 6.07) is 13.1.